The monoisotopic (exact) mass is 182 g/mol. The van der Waals surface area contributed by atoms with Crippen LogP contribution in [0.15, 0.2) is 4.99 Å². The molecule has 1 aromatic rings. The standard InChI is InChI=1S/C6H6N4OS/c11-4-7-6-9-8-5-3-12-2-1-10(5)6/h1-3H2. The summed E-state index contributed by atoms with van der Waals surface area (Å²) in [5.74, 6) is 3.13. The summed E-state index contributed by atoms with van der Waals surface area (Å²) in [5, 5.41) is 7.65. The van der Waals surface area contributed by atoms with Gasteiger partial charge >= 0.3 is 0 Å². The van der Waals surface area contributed by atoms with Crippen molar-refractivity contribution < 1.29 is 4.79 Å². The van der Waals surface area contributed by atoms with Crippen molar-refractivity contribution in [3.05, 3.63) is 5.82 Å². The van der Waals surface area contributed by atoms with Crippen molar-refractivity contribution in [2.75, 3.05) is 5.75 Å². The van der Waals surface area contributed by atoms with Crippen LogP contribution in [0.5, 0.6) is 0 Å². The van der Waals surface area contributed by atoms with Crippen LogP contribution >= 0.6 is 11.8 Å². The van der Waals surface area contributed by atoms with Crippen molar-refractivity contribution in [1.29, 1.82) is 0 Å². The zero-order chi connectivity index (χ0) is 8.39. The van der Waals surface area contributed by atoms with Crippen molar-refractivity contribution in [3.63, 3.8) is 0 Å². The highest BCUT2D eigenvalue weighted by Crippen LogP contribution is 2.21. The van der Waals surface area contributed by atoms with Crippen LogP contribution in [0.4, 0.5) is 5.95 Å². The first kappa shape index (κ1) is 7.52. The van der Waals surface area contributed by atoms with Crippen LogP contribution in [0.25, 0.3) is 0 Å². The summed E-state index contributed by atoms with van der Waals surface area (Å²) < 4.78 is 1.85. The Balaban J connectivity index is 2.44. The van der Waals surface area contributed by atoms with Crippen LogP contribution in [0.1, 0.15) is 5.82 Å². The topological polar surface area (TPSA) is 60.1 Å². The quantitative estimate of drug-likeness (QED) is 0.468. The van der Waals surface area contributed by atoms with Gasteiger partial charge in [-0.05, 0) is 0 Å². The molecule has 2 rings (SSSR count). The van der Waals surface area contributed by atoms with E-state index in [2.05, 4.69) is 15.2 Å². The molecule has 0 atom stereocenters. The maximum atomic E-state index is 9.98. The molecule has 0 aromatic carbocycles. The molecule has 0 bridgehead atoms. The smallest absolute Gasteiger partial charge is 0.261 e. The predicted octanol–water partition coefficient (Wildman–Crippen LogP) is 0.492. The second kappa shape index (κ2) is 3.08. The molecule has 62 valence electrons. The Morgan fingerprint density at radius 1 is 1.58 bits per heavy atom. The number of rotatable bonds is 1. The first-order valence-electron chi connectivity index (χ1n) is 3.49. The van der Waals surface area contributed by atoms with Crippen LogP contribution in [0, 0.1) is 0 Å². The van der Waals surface area contributed by atoms with Crippen molar-refractivity contribution >= 4 is 23.8 Å². The molecule has 12 heavy (non-hydrogen) atoms. The van der Waals surface area contributed by atoms with Gasteiger partial charge in [0.15, 0.2) is 0 Å². The average Bonchev–Trinajstić information content (AvgIpc) is 2.50. The number of thioether (sulfide) groups is 1. The first-order valence-corrected chi connectivity index (χ1v) is 4.65. The van der Waals surface area contributed by atoms with Crippen molar-refractivity contribution in [2.24, 2.45) is 4.99 Å². The third kappa shape index (κ3) is 1.15. The van der Waals surface area contributed by atoms with Gasteiger partial charge in [0.2, 0.25) is 6.08 Å². The molecule has 0 spiro atoms. The van der Waals surface area contributed by atoms with Gasteiger partial charge in [0.1, 0.15) is 5.82 Å². The fourth-order valence-corrected chi connectivity index (χ4v) is 1.96. The Labute approximate surface area is 72.9 Å². The number of aromatic nitrogens is 3. The first-order chi connectivity index (χ1) is 5.92. The third-order valence-electron chi connectivity index (χ3n) is 1.64. The lowest BCUT2D eigenvalue weighted by Crippen LogP contribution is -2.10. The number of aliphatic imine (C=N–C) groups is 1. The van der Waals surface area contributed by atoms with Crippen LogP contribution in [0.2, 0.25) is 0 Å². The lowest BCUT2D eigenvalue weighted by atomic mass is 10.6. The number of fused-ring (bicyclic) bond motifs is 1. The maximum absolute atomic E-state index is 9.98. The molecule has 0 unspecified atom stereocenters. The molecule has 0 radical (unpaired) electrons. The maximum Gasteiger partial charge on any atom is 0.261 e. The minimum atomic E-state index is 0.375. The molecule has 0 amide bonds. The summed E-state index contributed by atoms with van der Waals surface area (Å²) in [6.07, 6.45) is 1.47. The molecule has 5 nitrogen and oxygen atoms in total. The Kier molecular flexibility index (Phi) is 1.93. The van der Waals surface area contributed by atoms with Crippen LogP contribution < -0.4 is 0 Å². The summed E-state index contributed by atoms with van der Waals surface area (Å²) in [4.78, 5) is 13.4. The van der Waals surface area contributed by atoms with E-state index in [4.69, 9.17) is 0 Å². The second-order valence-corrected chi connectivity index (χ2v) is 3.43. The zero-order valence-corrected chi connectivity index (χ0v) is 7.04. The average molecular weight is 182 g/mol. The minimum absolute atomic E-state index is 0.375. The van der Waals surface area contributed by atoms with E-state index in [1.54, 1.807) is 11.8 Å². The van der Waals surface area contributed by atoms with Gasteiger partial charge in [0.05, 0.1) is 5.75 Å². The van der Waals surface area contributed by atoms with Crippen LogP contribution in [-0.2, 0) is 17.1 Å². The van der Waals surface area contributed by atoms with E-state index >= 15 is 0 Å². The highest BCUT2D eigenvalue weighted by atomic mass is 32.2. The summed E-state index contributed by atoms with van der Waals surface area (Å²) in [5.41, 5.74) is 0. The predicted molar refractivity (Wildman–Crippen MR) is 44.0 cm³/mol. The molecule has 0 fully saturated rings. The number of nitrogens with zero attached hydrogens (tertiary/aromatic N) is 4. The van der Waals surface area contributed by atoms with Gasteiger partial charge in [-0.1, -0.05) is 0 Å². The fraction of sp³-hybridized carbons (Fsp3) is 0.500. The number of carbonyl (C=O) groups excluding carboxylic acids is 1. The second-order valence-electron chi connectivity index (χ2n) is 2.32. The fourth-order valence-electron chi connectivity index (χ4n) is 1.10. The largest absolute Gasteiger partial charge is 0.293 e. The van der Waals surface area contributed by atoms with Gasteiger partial charge in [-0.2, -0.15) is 11.8 Å². The number of isocyanates is 1. The van der Waals surface area contributed by atoms with E-state index in [9.17, 15) is 4.79 Å². The van der Waals surface area contributed by atoms with E-state index in [1.807, 2.05) is 4.57 Å². The minimum Gasteiger partial charge on any atom is -0.293 e. The molecule has 1 aliphatic heterocycles. The lowest BCUT2D eigenvalue weighted by molar-refractivity contribution is 0.564. The zero-order valence-electron chi connectivity index (χ0n) is 6.23. The van der Waals surface area contributed by atoms with Gasteiger partial charge in [-0.25, -0.2) is 4.79 Å². The molecule has 0 saturated carbocycles. The molecule has 2 heterocycles. The summed E-state index contributed by atoms with van der Waals surface area (Å²) in [7, 11) is 0. The van der Waals surface area contributed by atoms with Crippen molar-refractivity contribution in [3.8, 4) is 0 Å². The number of hydrogen-bond donors (Lipinski definition) is 0. The molecule has 1 aliphatic rings. The molecule has 0 aliphatic carbocycles. The molecule has 0 saturated heterocycles. The van der Waals surface area contributed by atoms with E-state index in [1.165, 1.54) is 6.08 Å². The molecular formula is C6H6N4OS. The number of hydrogen-bond acceptors (Lipinski definition) is 5. The Morgan fingerprint density at radius 2 is 2.50 bits per heavy atom. The van der Waals surface area contributed by atoms with E-state index in [-0.39, 0.29) is 0 Å². The van der Waals surface area contributed by atoms with E-state index in [0.717, 1.165) is 23.9 Å². The normalized spacial score (nSPS) is 15.0. The van der Waals surface area contributed by atoms with E-state index < -0.39 is 0 Å². The van der Waals surface area contributed by atoms with Gasteiger partial charge in [0, 0.05) is 12.3 Å². The van der Waals surface area contributed by atoms with Crippen molar-refractivity contribution in [2.45, 2.75) is 12.3 Å². The molecule has 1 aromatic heterocycles. The highest BCUT2D eigenvalue weighted by molar-refractivity contribution is 7.98. The van der Waals surface area contributed by atoms with Gasteiger partial charge < -0.3 is 0 Å². The summed E-state index contributed by atoms with van der Waals surface area (Å²) in [6.45, 7) is 0.827. The van der Waals surface area contributed by atoms with Gasteiger partial charge in [-0.15, -0.1) is 15.2 Å². The Hall–Kier alpha value is -1.13. The molecular weight excluding hydrogens is 176 g/mol. The van der Waals surface area contributed by atoms with E-state index in [0.29, 0.717) is 5.95 Å². The summed E-state index contributed by atoms with van der Waals surface area (Å²) in [6, 6.07) is 0. The SMILES string of the molecule is O=C=Nc1nnc2n1CCSC2. The van der Waals surface area contributed by atoms with Crippen molar-refractivity contribution in [1.82, 2.24) is 14.8 Å². The lowest BCUT2D eigenvalue weighted by Gasteiger charge is -2.11. The van der Waals surface area contributed by atoms with Crippen LogP contribution in [-0.4, -0.2) is 26.6 Å². The Bertz CT molecular complexity index is 341. The van der Waals surface area contributed by atoms with Gasteiger partial charge in [-0.3, -0.25) is 4.57 Å². The third-order valence-corrected chi connectivity index (χ3v) is 2.58. The Morgan fingerprint density at radius 3 is 3.33 bits per heavy atom. The highest BCUT2D eigenvalue weighted by Gasteiger charge is 2.14. The molecule has 0 N–H and O–H groups in total. The molecule has 6 heteroatoms. The van der Waals surface area contributed by atoms with Crippen LogP contribution in [0.3, 0.4) is 0 Å². The van der Waals surface area contributed by atoms with Gasteiger partial charge in [0.25, 0.3) is 5.95 Å². The summed E-state index contributed by atoms with van der Waals surface area (Å²) >= 11 is 1.81.